The molecule has 2 aromatic rings. The number of piperidine rings is 1. The van der Waals surface area contributed by atoms with E-state index in [0.717, 1.165) is 29.4 Å². The Morgan fingerprint density at radius 2 is 2.00 bits per heavy atom. The van der Waals surface area contributed by atoms with Crippen molar-refractivity contribution in [2.75, 3.05) is 19.6 Å². The molecule has 2 N–H and O–H groups in total. The van der Waals surface area contributed by atoms with Crippen LogP contribution in [0.4, 0.5) is 0 Å². The number of halogens is 1. The SMILES string of the molecule is Cc1c(S(=O)(=O)N2CCCC(CN)C2)c2ccccc2n1C.Cl. The maximum atomic E-state index is 13.2. The molecule has 1 aliphatic rings. The number of hydrogen-bond donors (Lipinski definition) is 1. The van der Waals surface area contributed by atoms with Crippen molar-refractivity contribution in [3.05, 3.63) is 30.0 Å². The largest absolute Gasteiger partial charge is 0.347 e. The molecule has 5 nitrogen and oxygen atoms in total. The van der Waals surface area contributed by atoms with Crippen LogP contribution < -0.4 is 5.73 Å². The summed E-state index contributed by atoms with van der Waals surface area (Å²) in [5, 5.41) is 0.803. The van der Waals surface area contributed by atoms with Crippen LogP contribution in [0.1, 0.15) is 18.5 Å². The van der Waals surface area contributed by atoms with Gasteiger partial charge in [-0.2, -0.15) is 4.31 Å². The van der Waals surface area contributed by atoms with Gasteiger partial charge in [-0.1, -0.05) is 18.2 Å². The van der Waals surface area contributed by atoms with Crippen molar-refractivity contribution >= 4 is 33.3 Å². The molecule has 0 saturated carbocycles. The number of rotatable bonds is 3. The van der Waals surface area contributed by atoms with Gasteiger partial charge in [0.2, 0.25) is 10.0 Å². The van der Waals surface area contributed by atoms with E-state index in [-0.39, 0.29) is 18.3 Å². The maximum Gasteiger partial charge on any atom is 0.245 e. The summed E-state index contributed by atoms with van der Waals surface area (Å²) in [6.45, 7) is 3.53. The van der Waals surface area contributed by atoms with Gasteiger partial charge in [0.15, 0.2) is 0 Å². The second kappa shape index (κ2) is 6.81. The van der Waals surface area contributed by atoms with E-state index in [1.807, 2.05) is 42.8 Å². The predicted octanol–water partition coefficient (Wildman–Crippen LogP) is 2.27. The summed E-state index contributed by atoms with van der Waals surface area (Å²) in [5.74, 6) is 0.263. The van der Waals surface area contributed by atoms with Gasteiger partial charge in [0.1, 0.15) is 4.90 Å². The first-order chi connectivity index (χ1) is 10.5. The molecule has 1 aromatic heterocycles. The third-order valence-corrected chi connectivity index (χ3v) is 6.80. The fourth-order valence-electron chi connectivity index (χ4n) is 3.38. The van der Waals surface area contributed by atoms with Crippen molar-refractivity contribution in [1.82, 2.24) is 8.87 Å². The van der Waals surface area contributed by atoms with E-state index in [2.05, 4.69) is 0 Å². The van der Waals surface area contributed by atoms with Crippen LogP contribution in [0.5, 0.6) is 0 Å². The minimum Gasteiger partial charge on any atom is -0.347 e. The summed E-state index contributed by atoms with van der Waals surface area (Å²) in [7, 11) is -1.57. The van der Waals surface area contributed by atoms with Crippen molar-refractivity contribution in [1.29, 1.82) is 0 Å². The van der Waals surface area contributed by atoms with E-state index in [0.29, 0.717) is 24.5 Å². The van der Waals surface area contributed by atoms with Crippen LogP contribution in [0.2, 0.25) is 0 Å². The Balaban J connectivity index is 0.00000192. The number of aromatic nitrogens is 1. The van der Waals surface area contributed by atoms with E-state index in [4.69, 9.17) is 5.73 Å². The molecule has 1 aromatic carbocycles. The molecule has 0 bridgehead atoms. The molecule has 1 fully saturated rings. The number of aryl methyl sites for hydroxylation is 1. The lowest BCUT2D eigenvalue weighted by Gasteiger charge is -2.31. The Labute approximate surface area is 143 Å². The zero-order valence-corrected chi connectivity index (χ0v) is 15.2. The average Bonchev–Trinajstić information content (AvgIpc) is 2.80. The topological polar surface area (TPSA) is 68.3 Å². The molecule has 1 aliphatic heterocycles. The molecule has 1 atom stereocenters. The van der Waals surface area contributed by atoms with Gasteiger partial charge in [-0.25, -0.2) is 8.42 Å². The van der Waals surface area contributed by atoms with Crippen LogP contribution in [-0.4, -0.2) is 36.9 Å². The molecule has 7 heteroatoms. The van der Waals surface area contributed by atoms with E-state index in [1.54, 1.807) is 4.31 Å². The third-order valence-electron chi connectivity index (χ3n) is 4.75. The molecule has 2 heterocycles. The zero-order chi connectivity index (χ0) is 15.9. The Morgan fingerprint density at radius 3 is 2.70 bits per heavy atom. The maximum absolute atomic E-state index is 13.2. The van der Waals surface area contributed by atoms with Gasteiger partial charge in [0.25, 0.3) is 0 Å². The van der Waals surface area contributed by atoms with E-state index >= 15 is 0 Å². The van der Waals surface area contributed by atoms with Gasteiger partial charge in [-0.15, -0.1) is 12.4 Å². The van der Waals surface area contributed by atoms with Gasteiger partial charge in [0, 0.05) is 36.7 Å². The number of nitrogens with zero attached hydrogens (tertiary/aromatic N) is 2. The molecular weight excluding hydrogens is 334 g/mol. The van der Waals surface area contributed by atoms with E-state index in [9.17, 15) is 8.42 Å². The Kier molecular flexibility index (Phi) is 5.41. The van der Waals surface area contributed by atoms with Crippen molar-refractivity contribution < 1.29 is 8.42 Å². The molecule has 23 heavy (non-hydrogen) atoms. The quantitative estimate of drug-likeness (QED) is 0.916. The fraction of sp³-hybridized carbons (Fsp3) is 0.500. The summed E-state index contributed by atoms with van der Waals surface area (Å²) in [4.78, 5) is 0.447. The fourth-order valence-corrected chi connectivity index (χ4v) is 5.37. The standard InChI is InChI=1S/C16H23N3O2S.ClH/c1-12-16(14-7-3-4-8-15(14)18(12)2)22(20,21)19-9-5-6-13(10-17)11-19;/h3-4,7-8,13H,5-6,9-11,17H2,1-2H3;1H. The average molecular weight is 358 g/mol. The number of sulfonamides is 1. The van der Waals surface area contributed by atoms with Crippen molar-refractivity contribution in [3.63, 3.8) is 0 Å². The normalized spacial score (nSPS) is 19.7. The van der Waals surface area contributed by atoms with Crippen molar-refractivity contribution in [2.24, 2.45) is 18.7 Å². The molecule has 0 amide bonds. The monoisotopic (exact) mass is 357 g/mol. The lowest BCUT2D eigenvalue weighted by molar-refractivity contribution is 0.271. The minimum absolute atomic E-state index is 0. The summed E-state index contributed by atoms with van der Waals surface area (Å²) in [5.41, 5.74) is 7.48. The van der Waals surface area contributed by atoms with Crippen molar-refractivity contribution in [2.45, 2.75) is 24.7 Å². The summed E-state index contributed by atoms with van der Waals surface area (Å²) in [6, 6.07) is 7.67. The number of nitrogens with two attached hydrogens (primary N) is 1. The van der Waals surface area contributed by atoms with Crippen molar-refractivity contribution in [3.8, 4) is 0 Å². The highest BCUT2D eigenvalue weighted by Crippen LogP contribution is 2.32. The molecule has 1 unspecified atom stereocenters. The molecule has 0 spiro atoms. The summed E-state index contributed by atoms with van der Waals surface area (Å²) >= 11 is 0. The Morgan fingerprint density at radius 1 is 1.30 bits per heavy atom. The van der Waals surface area contributed by atoms with Crippen LogP contribution in [0.15, 0.2) is 29.2 Å². The molecule has 0 radical (unpaired) electrons. The number of benzene rings is 1. The first kappa shape index (κ1) is 18.3. The zero-order valence-electron chi connectivity index (χ0n) is 13.5. The second-order valence-electron chi connectivity index (χ2n) is 6.10. The number of fused-ring (bicyclic) bond motifs is 1. The molecule has 1 saturated heterocycles. The smallest absolute Gasteiger partial charge is 0.245 e. The Hall–Kier alpha value is -1.08. The highest BCUT2D eigenvalue weighted by Gasteiger charge is 2.33. The van der Waals surface area contributed by atoms with Crippen LogP contribution in [0, 0.1) is 12.8 Å². The first-order valence-electron chi connectivity index (χ1n) is 7.71. The lowest BCUT2D eigenvalue weighted by Crippen LogP contribution is -2.42. The minimum atomic E-state index is -3.48. The predicted molar refractivity (Wildman–Crippen MR) is 95.4 cm³/mol. The third kappa shape index (κ3) is 3.01. The van der Waals surface area contributed by atoms with Crippen LogP contribution in [0.3, 0.4) is 0 Å². The van der Waals surface area contributed by atoms with Crippen LogP contribution in [0.25, 0.3) is 10.9 Å². The van der Waals surface area contributed by atoms with Gasteiger partial charge in [-0.3, -0.25) is 0 Å². The summed E-state index contributed by atoms with van der Waals surface area (Å²) in [6.07, 6.45) is 1.89. The highest BCUT2D eigenvalue weighted by molar-refractivity contribution is 7.89. The molecule has 128 valence electrons. The van der Waals surface area contributed by atoms with E-state index < -0.39 is 10.0 Å². The molecule has 0 aliphatic carbocycles. The van der Waals surface area contributed by atoms with Gasteiger partial charge < -0.3 is 10.3 Å². The highest BCUT2D eigenvalue weighted by atomic mass is 35.5. The van der Waals surface area contributed by atoms with Gasteiger partial charge >= 0.3 is 0 Å². The molecule has 3 rings (SSSR count). The summed E-state index contributed by atoms with van der Waals surface area (Å²) < 4.78 is 29.9. The van der Waals surface area contributed by atoms with Gasteiger partial charge in [-0.05, 0) is 38.3 Å². The van der Waals surface area contributed by atoms with Crippen LogP contribution >= 0.6 is 12.4 Å². The van der Waals surface area contributed by atoms with Crippen LogP contribution in [-0.2, 0) is 17.1 Å². The van der Waals surface area contributed by atoms with E-state index in [1.165, 1.54) is 0 Å². The Bertz CT molecular complexity index is 801. The molecular formula is C16H24ClN3O2S. The number of para-hydroxylation sites is 1. The second-order valence-corrected chi connectivity index (χ2v) is 7.97. The first-order valence-corrected chi connectivity index (χ1v) is 9.15. The number of hydrogen-bond acceptors (Lipinski definition) is 3. The van der Waals surface area contributed by atoms with Gasteiger partial charge in [0.05, 0.1) is 0 Å². The lowest BCUT2D eigenvalue weighted by atomic mass is 10.0.